The normalized spacial score (nSPS) is 13.0. The van der Waals surface area contributed by atoms with Crippen molar-refractivity contribution in [2.75, 3.05) is 13.7 Å². The first-order chi connectivity index (χ1) is 5.20. The average molecular weight is 179 g/mol. The molecule has 0 amide bonds. The molecule has 0 aromatic heterocycles. The van der Waals surface area contributed by atoms with Crippen LogP contribution in [-0.2, 0) is 9.53 Å². The Bertz CT molecular complexity index is 115. The van der Waals surface area contributed by atoms with E-state index < -0.39 is 0 Å². The molecule has 0 saturated carbocycles. The van der Waals surface area contributed by atoms with Gasteiger partial charge in [-0.3, -0.25) is 4.79 Å². The molecule has 0 aliphatic heterocycles. The van der Waals surface area contributed by atoms with Crippen molar-refractivity contribution in [3.63, 3.8) is 0 Å². The molecule has 11 heavy (non-hydrogen) atoms. The molecule has 0 aromatic rings. The van der Waals surface area contributed by atoms with Gasteiger partial charge in [0.1, 0.15) is 0 Å². The minimum Gasteiger partial charge on any atom is -0.385 e. The molecule has 0 radical (unpaired) electrons. The van der Waals surface area contributed by atoms with Crippen LogP contribution in [0.3, 0.4) is 0 Å². The molecule has 66 valence electrons. The van der Waals surface area contributed by atoms with E-state index in [1.165, 1.54) is 0 Å². The van der Waals surface area contributed by atoms with Crippen LogP contribution in [0, 0.1) is 5.92 Å². The molecule has 0 rings (SSSR count). The van der Waals surface area contributed by atoms with Crippen molar-refractivity contribution in [3.8, 4) is 0 Å². The van der Waals surface area contributed by atoms with Gasteiger partial charge >= 0.3 is 0 Å². The van der Waals surface area contributed by atoms with Gasteiger partial charge in [-0.25, -0.2) is 0 Å². The van der Waals surface area contributed by atoms with E-state index in [-0.39, 0.29) is 5.24 Å². The van der Waals surface area contributed by atoms with Gasteiger partial charge < -0.3 is 4.74 Å². The van der Waals surface area contributed by atoms with Crippen molar-refractivity contribution in [1.29, 1.82) is 0 Å². The number of carbonyl (C=O) groups excluding carboxylic acids is 1. The molecule has 0 heterocycles. The van der Waals surface area contributed by atoms with Gasteiger partial charge in [-0.15, -0.1) is 0 Å². The summed E-state index contributed by atoms with van der Waals surface area (Å²) in [6.07, 6.45) is 2.38. The fourth-order valence-electron chi connectivity index (χ4n) is 0.962. The monoisotopic (exact) mass is 178 g/mol. The smallest absolute Gasteiger partial charge is 0.221 e. The molecular weight excluding hydrogens is 164 g/mol. The first-order valence-corrected chi connectivity index (χ1v) is 4.25. The fraction of sp³-hybridized carbons (Fsp3) is 0.875. The quantitative estimate of drug-likeness (QED) is 0.583. The van der Waals surface area contributed by atoms with Gasteiger partial charge in [0, 0.05) is 20.1 Å². The maximum Gasteiger partial charge on any atom is 0.221 e. The van der Waals surface area contributed by atoms with Crippen LogP contribution in [0.5, 0.6) is 0 Å². The third-order valence-electron chi connectivity index (χ3n) is 1.76. The van der Waals surface area contributed by atoms with E-state index in [2.05, 4.69) is 6.92 Å². The van der Waals surface area contributed by atoms with E-state index in [4.69, 9.17) is 16.3 Å². The topological polar surface area (TPSA) is 26.3 Å². The lowest BCUT2D eigenvalue weighted by Gasteiger charge is -2.10. The van der Waals surface area contributed by atoms with Gasteiger partial charge in [-0.2, -0.15) is 0 Å². The van der Waals surface area contributed by atoms with Crippen molar-refractivity contribution < 1.29 is 9.53 Å². The lowest BCUT2D eigenvalue weighted by molar-refractivity contribution is -0.112. The summed E-state index contributed by atoms with van der Waals surface area (Å²) in [6.45, 7) is 2.77. The Morgan fingerprint density at radius 1 is 1.64 bits per heavy atom. The summed E-state index contributed by atoms with van der Waals surface area (Å²) in [5.41, 5.74) is 0. The molecular formula is C8H15ClO2. The summed E-state index contributed by atoms with van der Waals surface area (Å²) in [4.78, 5) is 10.5. The number of halogens is 1. The van der Waals surface area contributed by atoms with Crippen LogP contribution in [0.4, 0.5) is 0 Å². The standard InChI is InChI=1S/C8H15ClO2/c1-3-7(4-5-11-2)6-8(9)10/h7H,3-6H2,1-2H3. The van der Waals surface area contributed by atoms with Gasteiger partial charge in [0.15, 0.2) is 0 Å². The number of carbonyl (C=O) groups is 1. The Morgan fingerprint density at radius 2 is 2.27 bits per heavy atom. The Labute approximate surface area is 72.9 Å². The summed E-state index contributed by atoms with van der Waals surface area (Å²) < 4.78 is 4.90. The lowest BCUT2D eigenvalue weighted by atomic mass is 10.00. The number of hydrogen-bond donors (Lipinski definition) is 0. The highest BCUT2D eigenvalue weighted by Crippen LogP contribution is 2.14. The maximum atomic E-state index is 10.5. The van der Waals surface area contributed by atoms with Crippen LogP contribution in [0.25, 0.3) is 0 Å². The first-order valence-electron chi connectivity index (χ1n) is 3.88. The second-order valence-electron chi connectivity index (χ2n) is 2.61. The Balaban J connectivity index is 3.49. The first kappa shape index (κ1) is 10.9. The largest absolute Gasteiger partial charge is 0.385 e. The summed E-state index contributed by atoms with van der Waals surface area (Å²) in [5.74, 6) is 0.389. The molecule has 0 N–H and O–H groups in total. The summed E-state index contributed by atoms with van der Waals surface area (Å²) in [6, 6.07) is 0. The van der Waals surface area contributed by atoms with E-state index in [0.717, 1.165) is 12.8 Å². The van der Waals surface area contributed by atoms with Gasteiger partial charge in [-0.05, 0) is 23.9 Å². The zero-order valence-corrected chi connectivity index (χ0v) is 7.86. The molecule has 1 atom stereocenters. The molecule has 0 fully saturated rings. The Morgan fingerprint density at radius 3 is 2.64 bits per heavy atom. The zero-order valence-electron chi connectivity index (χ0n) is 7.10. The Kier molecular flexibility index (Phi) is 6.57. The van der Waals surface area contributed by atoms with E-state index in [0.29, 0.717) is 18.9 Å². The van der Waals surface area contributed by atoms with Crippen LogP contribution in [-0.4, -0.2) is 19.0 Å². The van der Waals surface area contributed by atoms with Crippen molar-refractivity contribution in [3.05, 3.63) is 0 Å². The van der Waals surface area contributed by atoms with Gasteiger partial charge in [0.25, 0.3) is 0 Å². The third kappa shape index (κ3) is 6.32. The van der Waals surface area contributed by atoms with Crippen LogP contribution < -0.4 is 0 Å². The molecule has 2 nitrogen and oxygen atoms in total. The molecule has 0 spiro atoms. The lowest BCUT2D eigenvalue weighted by Crippen LogP contribution is -2.06. The number of hydrogen-bond acceptors (Lipinski definition) is 2. The fourth-order valence-corrected chi connectivity index (χ4v) is 1.18. The van der Waals surface area contributed by atoms with Crippen molar-refractivity contribution in [2.24, 2.45) is 5.92 Å². The average Bonchev–Trinajstić information content (AvgIpc) is 1.97. The van der Waals surface area contributed by atoms with Gasteiger partial charge in [0.05, 0.1) is 0 Å². The number of ether oxygens (including phenoxy) is 1. The van der Waals surface area contributed by atoms with Crippen molar-refractivity contribution in [1.82, 2.24) is 0 Å². The SMILES string of the molecule is CCC(CCOC)CC(=O)Cl. The Hall–Kier alpha value is -0.0800. The van der Waals surface area contributed by atoms with Crippen molar-refractivity contribution in [2.45, 2.75) is 26.2 Å². The maximum absolute atomic E-state index is 10.5. The predicted octanol–water partition coefficient (Wildman–Crippen LogP) is 2.20. The van der Waals surface area contributed by atoms with E-state index in [9.17, 15) is 4.79 Å². The highest BCUT2D eigenvalue weighted by molar-refractivity contribution is 6.63. The molecule has 0 bridgehead atoms. The van der Waals surface area contributed by atoms with Crippen molar-refractivity contribution >= 4 is 16.8 Å². The third-order valence-corrected chi connectivity index (χ3v) is 1.91. The minimum atomic E-state index is -0.243. The molecule has 0 aliphatic rings. The number of rotatable bonds is 6. The second-order valence-corrected chi connectivity index (χ2v) is 3.04. The van der Waals surface area contributed by atoms with E-state index in [1.807, 2.05) is 0 Å². The van der Waals surface area contributed by atoms with Crippen LogP contribution in [0.1, 0.15) is 26.2 Å². The van der Waals surface area contributed by atoms with E-state index in [1.54, 1.807) is 7.11 Å². The molecule has 0 aromatic carbocycles. The minimum absolute atomic E-state index is 0.243. The summed E-state index contributed by atoms with van der Waals surface area (Å²) in [7, 11) is 1.66. The second kappa shape index (κ2) is 6.62. The summed E-state index contributed by atoms with van der Waals surface area (Å²) >= 11 is 5.25. The summed E-state index contributed by atoms with van der Waals surface area (Å²) in [5, 5.41) is -0.243. The molecule has 3 heteroatoms. The van der Waals surface area contributed by atoms with Gasteiger partial charge in [-0.1, -0.05) is 13.3 Å². The zero-order chi connectivity index (χ0) is 8.69. The van der Waals surface area contributed by atoms with Gasteiger partial charge in [0.2, 0.25) is 5.24 Å². The molecule has 0 saturated heterocycles. The highest BCUT2D eigenvalue weighted by Gasteiger charge is 2.09. The molecule has 1 unspecified atom stereocenters. The van der Waals surface area contributed by atoms with Crippen LogP contribution in [0.2, 0.25) is 0 Å². The number of methoxy groups -OCH3 is 1. The molecule has 0 aliphatic carbocycles. The van der Waals surface area contributed by atoms with E-state index >= 15 is 0 Å². The highest BCUT2D eigenvalue weighted by atomic mass is 35.5. The predicted molar refractivity (Wildman–Crippen MR) is 45.8 cm³/mol. The van der Waals surface area contributed by atoms with Crippen LogP contribution in [0.15, 0.2) is 0 Å². The van der Waals surface area contributed by atoms with Crippen LogP contribution >= 0.6 is 11.6 Å².